The summed E-state index contributed by atoms with van der Waals surface area (Å²) in [5.74, 6) is -0.896. The number of para-hydroxylation sites is 1. The second kappa shape index (κ2) is 8.61. The van der Waals surface area contributed by atoms with E-state index in [1.165, 1.54) is 18.2 Å². The van der Waals surface area contributed by atoms with Crippen molar-refractivity contribution in [1.29, 1.82) is 0 Å². The summed E-state index contributed by atoms with van der Waals surface area (Å²) in [4.78, 5) is 34.1. The number of rotatable bonds is 6. The normalized spacial score (nSPS) is 10.1. The zero-order valence-corrected chi connectivity index (χ0v) is 14.4. The molecule has 8 nitrogen and oxygen atoms in total. The molecule has 0 aliphatic heterocycles. The number of nitrogens with one attached hydrogen (secondary N) is 2. The van der Waals surface area contributed by atoms with Crippen molar-refractivity contribution in [2.75, 3.05) is 19.0 Å². The first-order valence-electron chi connectivity index (χ1n) is 7.88. The largest absolute Gasteiger partial charge is 0.496 e. The fourth-order valence-corrected chi connectivity index (χ4v) is 2.38. The highest BCUT2D eigenvalue weighted by atomic mass is 16.6. The first kappa shape index (κ1) is 18.9. The number of nitro benzene ring substituents is 1. The van der Waals surface area contributed by atoms with E-state index >= 15 is 0 Å². The van der Waals surface area contributed by atoms with Gasteiger partial charge >= 0.3 is 11.8 Å². The molecule has 0 radical (unpaired) electrons. The molecule has 0 heterocycles. The van der Waals surface area contributed by atoms with E-state index in [0.717, 1.165) is 5.56 Å². The standard InChI is InChI=1S/C18H19N3O5/c1-12-11-14(21(24)25)7-8-15(12)20-18(23)17(22)19-10-9-13-5-3-4-6-16(13)26-2/h3-8,11H,9-10H2,1-2H3,(H,19,22)(H,20,23). The number of carbonyl (C=O) groups is 2. The molecular weight excluding hydrogens is 338 g/mol. The van der Waals surface area contributed by atoms with Crippen LogP contribution >= 0.6 is 0 Å². The van der Waals surface area contributed by atoms with Gasteiger partial charge in [0.25, 0.3) is 5.69 Å². The predicted molar refractivity (Wildman–Crippen MR) is 96.2 cm³/mol. The third-order valence-corrected chi connectivity index (χ3v) is 3.75. The minimum Gasteiger partial charge on any atom is -0.496 e. The predicted octanol–water partition coefficient (Wildman–Crippen LogP) is 2.21. The number of methoxy groups -OCH3 is 1. The summed E-state index contributed by atoms with van der Waals surface area (Å²) in [5.41, 5.74) is 1.68. The number of aryl methyl sites for hydroxylation is 1. The highest BCUT2D eigenvalue weighted by Crippen LogP contribution is 2.21. The van der Waals surface area contributed by atoms with Crippen LogP contribution in [0.5, 0.6) is 5.75 Å². The summed E-state index contributed by atoms with van der Waals surface area (Å²) in [7, 11) is 1.57. The van der Waals surface area contributed by atoms with Crippen molar-refractivity contribution < 1.29 is 19.2 Å². The average Bonchev–Trinajstić information content (AvgIpc) is 2.63. The van der Waals surface area contributed by atoms with Gasteiger partial charge in [0.15, 0.2) is 0 Å². The highest BCUT2D eigenvalue weighted by molar-refractivity contribution is 6.39. The molecule has 0 bridgehead atoms. The Hall–Kier alpha value is -3.42. The average molecular weight is 357 g/mol. The van der Waals surface area contributed by atoms with E-state index in [0.29, 0.717) is 23.4 Å². The number of nitro groups is 1. The van der Waals surface area contributed by atoms with Gasteiger partial charge in [0.05, 0.1) is 12.0 Å². The molecule has 2 aromatic carbocycles. The molecule has 0 atom stereocenters. The number of ether oxygens (including phenoxy) is 1. The van der Waals surface area contributed by atoms with E-state index in [1.54, 1.807) is 14.0 Å². The van der Waals surface area contributed by atoms with Gasteiger partial charge in [0.2, 0.25) is 0 Å². The number of nitrogens with zero attached hydrogens (tertiary/aromatic N) is 1. The Morgan fingerprint density at radius 2 is 1.88 bits per heavy atom. The number of hydrogen-bond acceptors (Lipinski definition) is 5. The lowest BCUT2D eigenvalue weighted by Crippen LogP contribution is -2.36. The van der Waals surface area contributed by atoms with E-state index in [4.69, 9.17) is 4.74 Å². The zero-order chi connectivity index (χ0) is 19.1. The minimum absolute atomic E-state index is 0.0817. The molecule has 0 spiro atoms. The fraction of sp³-hybridized carbons (Fsp3) is 0.222. The number of benzene rings is 2. The van der Waals surface area contributed by atoms with Crippen LogP contribution in [0.15, 0.2) is 42.5 Å². The van der Waals surface area contributed by atoms with E-state index in [-0.39, 0.29) is 12.2 Å². The minimum atomic E-state index is -0.832. The Labute approximate surface area is 150 Å². The van der Waals surface area contributed by atoms with Gasteiger partial charge in [-0.05, 0) is 36.6 Å². The zero-order valence-electron chi connectivity index (χ0n) is 14.4. The first-order chi connectivity index (χ1) is 12.4. The van der Waals surface area contributed by atoms with Gasteiger partial charge in [-0.15, -0.1) is 0 Å². The van der Waals surface area contributed by atoms with E-state index in [1.807, 2.05) is 24.3 Å². The van der Waals surface area contributed by atoms with Gasteiger partial charge in [0, 0.05) is 24.4 Å². The monoisotopic (exact) mass is 357 g/mol. The molecule has 2 amide bonds. The number of anilines is 1. The molecule has 2 aromatic rings. The molecule has 0 aromatic heterocycles. The van der Waals surface area contributed by atoms with E-state index in [2.05, 4.69) is 10.6 Å². The Bertz CT molecular complexity index is 835. The van der Waals surface area contributed by atoms with Crippen molar-refractivity contribution in [3.05, 3.63) is 63.7 Å². The van der Waals surface area contributed by atoms with Crippen LogP contribution in [-0.4, -0.2) is 30.4 Å². The van der Waals surface area contributed by atoms with Crippen molar-refractivity contribution in [1.82, 2.24) is 5.32 Å². The Morgan fingerprint density at radius 1 is 1.15 bits per heavy atom. The SMILES string of the molecule is COc1ccccc1CCNC(=O)C(=O)Nc1ccc([N+](=O)[O-])cc1C. The van der Waals surface area contributed by atoms with Crippen LogP contribution in [0.1, 0.15) is 11.1 Å². The number of hydrogen-bond donors (Lipinski definition) is 2. The fourth-order valence-electron chi connectivity index (χ4n) is 2.38. The second-order valence-electron chi connectivity index (χ2n) is 5.53. The summed E-state index contributed by atoms with van der Waals surface area (Å²) < 4.78 is 5.23. The van der Waals surface area contributed by atoms with Crippen LogP contribution in [0.25, 0.3) is 0 Å². The Morgan fingerprint density at radius 3 is 2.54 bits per heavy atom. The van der Waals surface area contributed by atoms with Crippen molar-refractivity contribution in [3.8, 4) is 5.75 Å². The third kappa shape index (κ3) is 4.79. The van der Waals surface area contributed by atoms with Gasteiger partial charge in [0.1, 0.15) is 5.75 Å². The molecule has 2 rings (SSSR count). The lowest BCUT2D eigenvalue weighted by molar-refractivity contribution is -0.384. The molecule has 0 aliphatic carbocycles. The van der Waals surface area contributed by atoms with Gasteiger partial charge in [-0.1, -0.05) is 18.2 Å². The molecule has 136 valence electrons. The summed E-state index contributed by atoms with van der Waals surface area (Å²) >= 11 is 0. The molecule has 2 N–H and O–H groups in total. The molecule has 26 heavy (non-hydrogen) atoms. The molecular formula is C18H19N3O5. The van der Waals surface area contributed by atoms with Crippen molar-refractivity contribution in [2.24, 2.45) is 0 Å². The van der Waals surface area contributed by atoms with E-state index in [9.17, 15) is 19.7 Å². The summed E-state index contributed by atoms with van der Waals surface area (Å²) in [6.45, 7) is 1.88. The summed E-state index contributed by atoms with van der Waals surface area (Å²) in [6, 6.07) is 11.4. The van der Waals surface area contributed by atoms with Crippen molar-refractivity contribution in [2.45, 2.75) is 13.3 Å². The highest BCUT2D eigenvalue weighted by Gasteiger charge is 2.16. The molecule has 0 unspecified atom stereocenters. The third-order valence-electron chi connectivity index (χ3n) is 3.75. The van der Waals surface area contributed by atoms with Gasteiger partial charge < -0.3 is 15.4 Å². The van der Waals surface area contributed by atoms with Crippen LogP contribution < -0.4 is 15.4 Å². The van der Waals surface area contributed by atoms with Gasteiger partial charge in [-0.25, -0.2) is 0 Å². The van der Waals surface area contributed by atoms with Crippen LogP contribution in [-0.2, 0) is 16.0 Å². The number of amides is 2. The first-order valence-corrected chi connectivity index (χ1v) is 7.88. The lowest BCUT2D eigenvalue weighted by Gasteiger charge is -2.10. The molecule has 0 fully saturated rings. The molecule has 0 saturated heterocycles. The maximum atomic E-state index is 12.0. The van der Waals surface area contributed by atoms with Gasteiger partial charge in [-0.3, -0.25) is 19.7 Å². The van der Waals surface area contributed by atoms with Crippen LogP contribution in [0.2, 0.25) is 0 Å². The van der Waals surface area contributed by atoms with Gasteiger partial charge in [-0.2, -0.15) is 0 Å². The summed E-state index contributed by atoms with van der Waals surface area (Å²) in [5, 5.41) is 15.7. The quantitative estimate of drug-likeness (QED) is 0.468. The molecule has 8 heteroatoms. The van der Waals surface area contributed by atoms with Crippen molar-refractivity contribution in [3.63, 3.8) is 0 Å². The number of non-ortho nitro benzene ring substituents is 1. The van der Waals surface area contributed by atoms with Crippen LogP contribution in [0.4, 0.5) is 11.4 Å². The number of carbonyl (C=O) groups excluding carboxylic acids is 2. The topological polar surface area (TPSA) is 111 Å². The van der Waals surface area contributed by atoms with Crippen LogP contribution in [0, 0.1) is 17.0 Å². The Balaban J connectivity index is 1.90. The molecule has 0 saturated carbocycles. The second-order valence-corrected chi connectivity index (χ2v) is 5.53. The van der Waals surface area contributed by atoms with E-state index < -0.39 is 16.7 Å². The lowest BCUT2D eigenvalue weighted by atomic mass is 10.1. The maximum absolute atomic E-state index is 12.0. The smallest absolute Gasteiger partial charge is 0.313 e. The molecule has 0 aliphatic rings. The maximum Gasteiger partial charge on any atom is 0.313 e. The Kier molecular flexibility index (Phi) is 6.26. The van der Waals surface area contributed by atoms with Crippen LogP contribution in [0.3, 0.4) is 0 Å². The van der Waals surface area contributed by atoms with Crippen molar-refractivity contribution >= 4 is 23.2 Å². The summed E-state index contributed by atoms with van der Waals surface area (Å²) in [6.07, 6.45) is 0.513.